The van der Waals surface area contributed by atoms with Gasteiger partial charge in [0, 0.05) is 17.6 Å². The standard InChI is InChI=1S/C18H15FN2O2S/c19-14-7-5-13(6-8-14)12-21-9-1-4-16(21)17(22)18(23)20-11-15-3-2-10-24-15/h1-10H,11-12H2,(H,20,23). The van der Waals surface area contributed by atoms with E-state index in [1.54, 1.807) is 35.0 Å². The van der Waals surface area contributed by atoms with Gasteiger partial charge >= 0.3 is 0 Å². The topological polar surface area (TPSA) is 51.1 Å². The second-order valence-electron chi connectivity index (χ2n) is 5.24. The van der Waals surface area contributed by atoms with Gasteiger partial charge in [0.15, 0.2) is 0 Å². The molecule has 0 saturated heterocycles. The molecule has 1 amide bonds. The number of nitrogens with one attached hydrogen (secondary N) is 1. The minimum atomic E-state index is -0.637. The molecule has 4 nitrogen and oxygen atoms in total. The van der Waals surface area contributed by atoms with Crippen molar-refractivity contribution in [3.05, 3.63) is 82.1 Å². The van der Waals surface area contributed by atoms with E-state index in [-0.39, 0.29) is 5.82 Å². The number of Topliss-reactive ketones (excluding diaryl/α,β-unsaturated/α-hetero) is 1. The summed E-state index contributed by atoms with van der Waals surface area (Å²) in [5, 5.41) is 4.54. The first-order valence-corrected chi connectivity index (χ1v) is 8.26. The molecule has 1 N–H and O–H groups in total. The minimum absolute atomic E-state index is 0.308. The summed E-state index contributed by atoms with van der Waals surface area (Å²) in [6.45, 7) is 0.730. The molecule has 3 rings (SSSR count). The maximum Gasteiger partial charge on any atom is 0.294 e. The number of hydrogen-bond acceptors (Lipinski definition) is 3. The molecule has 0 spiro atoms. The fraction of sp³-hybridized carbons (Fsp3) is 0.111. The Morgan fingerprint density at radius 1 is 1.08 bits per heavy atom. The van der Waals surface area contributed by atoms with Crippen molar-refractivity contribution in [1.82, 2.24) is 9.88 Å². The van der Waals surface area contributed by atoms with E-state index in [1.165, 1.54) is 23.5 Å². The van der Waals surface area contributed by atoms with Gasteiger partial charge in [0.05, 0.1) is 12.2 Å². The van der Waals surface area contributed by atoms with Crippen LogP contribution < -0.4 is 5.32 Å². The number of ketones is 1. The van der Waals surface area contributed by atoms with Gasteiger partial charge in [-0.3, -0.25) is 9.59 Å². The largest absolute Gasteiger partial charge is 0.344 e. The Morgan fingerprint density at radius 3 is 2.58 bits per heavy atom. The van der Waals surface area contributed by atoms with Crippen LogP contribution in [0.4, 0.5) is 4.39 Å². The third-order valence-electron chi connectivity index (χ3n) is 3.54. The Hall–Kier alpha value is -2.73. The lowest BCUT2D eigenvalue weighted by Gasteiger charge is -2.09. The number of halogens is 1. The first kappa shape index (κ1) is 16.1. The van der Waals surface area contributed by atoms with Crippen LogP contribution in [-0.2, 0) is 17.9 Å². The maximum atomic E-state index is 13.0. The second-order valence-corrected chi connectivity index (χ2v) is 6.27. The zero-order valence-electron chi connectivity index (χ0n) is 12.7. The van der Waals surface area contributed by atoms with E-state index < -0.39 is 11.7 Å². The van der Waals surface area contributed by atoms with Crippen LogP contribution in [0.25, 0.3) is 0 Å². The number of rotatable bonds is 6. The number of hydrogen-bond donors (Lipinski definition) is 1. The molecule has 122 valence electrons. The zero-order valence-corrected chi connectivity index (χ0v) is 13.6. The maximum absolute atomic E-state index is 13.0. The SMILES string of the molecule is O=C(NCc1cccs1)C(=O)c1cccn1Cc1ccc(F)cc1. The quantitative estimate of drug-likeness (QED) is 0.552. The average molecular weight is 342 g/mol. The Kier molecular flexibility index (Phi) is 4.86. The van der Waals surface area contributed by atoms with Crippen molar-refractivity contribution in [1.29, 1.82) is 0 Å². The van der Waals surface area contributed by atoms with Crippen molar-refractivity contribution in [2.45, 2.75) is 13.1 Å². The van der Waals surface area contributed by atoms with Gasteiger partial charge in [-0.1, -0.05) is 18.2 Å². The molecular weight excluding hydrogens is 327 g/mol. The molecular formula is C18H15FN2O2S. The monoisotopic (exact) mass is 342 g/mol. The molecule has 2 aromatic heterocycles. The van der Waals surface area contributed by atoms with E-state index in [0.29, 0.717) is 18.8 Å². The molecule has 0 unspecified atom stereocenters. The van der Waals surface area contributed by atoms with Crippen LogP contribution in [-0.4, -0.2) is 16.3 Å². The third kappa shape index (κ3) is 3.78. The molecule has 0 aliphatic heterocycles. The van der Waals surface area contributed by atoms with Gasteiger partial charge in [0.25, 0.3) is 11.7 Å². The summed E-state index contributed by atoms with van der Waals surface area (Å²) in [7, 11) is 0. The lowest BCUT2D eigenvalue weighted by molar-refractivity contribution is -0.117. The molecule has 2 heterocycles. The van der Waals surface area contributed by atoms with E-state index in [2.05, 4.69) is 5.32 Å². The minimum Gasteiger partial charge on any atom is -0.344 e. The number of carbonyl (C=O) groups is 2. The van der Waals surface area contributed by atoms with Crippen LogP contribution in [0, 0.1) is 5.82 Å². The van der Waals surface area contributed by atoms with E-state index in [1.807, 2.05) is 17.5 Å². The highest BCUT2D eigenvalue weighted by atomic mass is 32.1. The van der Waals surface area contributed by atoms with Gasteiger partial charge in [-0.15, -0.1) is 11.3 Å². The Morgan fingerprint density at radius 2 is 1.88 bits per heavy atom. The molecule has 0 aliphatic rings. The number of thiophene rings is 1. The molecule has 6 heteroatoms. The summed E-state index contributed by atoms with van der Waals surface area (Å²) in [4.78, 5) is 25.4. The zero-order chi connectivity index (χ0) is 16.9. The van der Waals surface area contributed by atoms with E-state index >= 15 is 0 Å². The van der Waals surface area contributed by atoms with E-state index in [9.17, 15) is 14.0 Å². The van der Waals surface area contributed by atoms with E-state index in [0.717, 1.165) is 10.4 Å². The average Bonchev–Trinajstić information content (AvgIpc) is 3.25. The summed E-state index contributed by atoms with van der Waals surface area (Å²) in [6, 6.07) is 13.2. The first-order chi connectivity index (χ1) is 11.6. The molecule has 0 radical (unpaired) electrons. The summed E-state index contributed by atoms with van der Waals surface area (Å²) in [6.07, 6.45) is 1.73. The van der Waals surface area contributed by atoms with Gasteiger partial charge in [-0.2, -0.15) is 0 Å². The molecule has 3 aromatic rings. The van der Waals surface area contributed by atoms with Crippen LogP contribution in [0.3, 0.4) is 0 Å². The number of amides is 1. The van der Waals surface area contributed by atoms with Gasteiger partial charge < -0.3 is 9.88 Å². The molecule has 1 aromatic carbocycles. The lowest BCUT2D eigenvalue weighted by atomic mass is 10.2. The number of nitrogens with zero attached hydrogens (tertiary/aromatic N) is 1. The highest BCUT2D eigenvalue weighted by Crippen LogP contribution is 2.11. The smallest absolute Gasteiger partial charge is 0.294 e. The third-order valence-corrected chi connectivity index (χ3v) is 4.41. The van der Waals surface area contributed by atoms with Crippen molar-refractivity contribution in [2.75, 3.05) is 0 Å². The second kappa shape index (κ2) is 7.23. The van der Waals surface area contributed by atoms with Crippen molar-refractivity contribution in [2.24, 2.45) is 0 Å². The number of aromatic nitrogens is 1. The van der Waals surface area contributed by atoms with Crippen LogP contribution in [0.1, 0.15) is 20.9 Å². The lowest BCUT2D eigenvalue weighted by Crippen LogP contribution is -2.31. The van der Waals surface area contributed by atoms with Crippen LogP contribution in [0.2, 0.25) is 0 Å². The van der Waals surface area contributed by atoms with Gasteiger partial charge in [0.1, 0.15) is 5.82 Å². The fourth-order valence-corrected chi connectivity index (χ4v) is 2.97. The fourth-order valence-electron chi connectivity index (χ4n) is 2.32. The first-order valence-electron chi connectivity index (χ1n) is 7.38. The highest BCUT2D eigenvalue weighted by Gasteiger charge is 2.19. The molecule has 0 saturated carbocycles. The number of benzene rings is 1. The van der Waals surface area contributed by atoms with E-state index in [4.69, 9.17) is 0 Å². The Bertz CT molecular complexity index is 838. The Labute approximate surface area is 142 Å². The summed E-state index contributed by atoms with van der Waals surface area (Å²) < 4.78 is 14.6. The molecule has 24 heavy (non-hydrogen) atoms. The van der Waals surface area contributed by atoms with Crippen molar-refractivity contribution >= 4 is 23.0 Å². The van der Waals surface area contributed by atoms with Crippen LogP contribution >= 0.6 is 11.3 Å². The van der Waals surface area contributed by atoms with Gasteiger partial charge in [-0.25, -0.2) is 4.39 Å². The predicted octanol–water partition coefficient (Wildman–Crippen LogP) is 3.24. The van der Waals surface area contributed by atoms with Gasteiger partial charge in [0.2, 0.25) is 0 Å². The van der Waals surface area contributed by atoms with Crippen molar-refractivity contribution in [3.63, 3.8) is 0 Å². The van der Waals surface area contributed by atoms with Crippen LogP contribution in [0.15, 0.2) is 60.1 Å². The Balaban J connectivity index is 1.68. The molecule has 0 atom stereocenters. The summed E-state index contributed by atoms with van der Waals surface area (Å²) in [5.74, 6) is -1.53. The van der Waals surface area contributed by atoms with Crippen molar-refractivity contribution < 1.29 is 14.0 Å². The highest BCUT2D eigenvalue weighted by molar-refractivity contribution is 7.09. The number of carbonyl (C=O) groups excluding carboxylic acids is 2. The molecule has 0 fully saturated rings. The van der Waals surface area contributed by atoms with Crippen molar-refractivity contribution in [3.8, 4) is 0 Å². The normalized spacial score (nSPS) is 10.5. The predicted molar refractivity (Wildman–Crippen MR) is 90.4 cm³/mol. The molecule has 0 aliphatic carbocycles. The van der Waals surface area contributed by atoms with Crippen LogP contribution in [0.5, 0.6) is 0 Å². The van der Waals surface area contributed by atoms with Gasteiger partial charge in [-0.05, 0) is 41.3 Å². The summed E-state index contributed by atoms with van der Waals surface area (Å²) in [5.41, 5.74) is 1.16. The molecule has 0 bridgehead atoms. The summed E-state index contributed by atoms with van der Waals surface area (Å²) >= 11 is 1.52.